The lowest BCUT2D eigenvalue weighted by Gasteiger charge is -2.12. The van der Waals surface area contributed by atoms with E-state index < -0.39 is 0 Å². The van der Waals surface area contributed by atoms with Gasteiger partial charge in [-0.2, -0.15) is 15.0 Å². The molecule has 0 aliphatic heterocycles. The third-order valence-electron chi connectivity index (χ3n) is 4.98. The van der Waals surface area contributed by atoms with Crippen LogP contribution in [0.1, 0.15) is 34.0 Å². The molecule has 154 valence electrons. The van der Waals surface area contributed by atoms with Gasteiger partial charge in [0.25, 0.3) is 5.91 Å². The molecule has 0 aliphatic rings. The third-order valence-corrected chi connectivity index (χ3v) is 4.98. The fraction of sp³-hybridized carbons (Fsp3) is 0.167. The van der Waals surface area contributed by atoms with Crippen LogP contribution in [0.4, 0.5) is 5.82 Å². The molecule has 2 aromatic heterocycles. The normalized spacial score (nSPS) is 10.6. The van der Waals surface area contributed by atoms with Crippen LogP contribution in [0.3, 0.4) is 0 Å². The van der Waals surface area contributed by atoms with Crippen molar-refractivity contribution in [3.8, 4) is 17.6 Å². The van der Waals surface area contributed by atoms with Crippen LogP contribution < -0.4 is 10.1 Å². The molecule has 0 spiro atoms. The first-order chi connectivity index (χ1) is 15.0. The number of rotatable bonds is 5. The number of aromatic nitrogens is 3. The molecule has 0 saturated heterocycles. The number of pyridine rings is 1. The van der Waals surface area contributed by atoms with Crippen LogP contribution in [0, 0.1) is 25.2 Å². The van der Waals surface area contributed by atoms with E-state index in [1.165, 1.54) is 10.9 Å². The summed E-state index contributed by atoms with van der Waals surface area (Å²) in [6, 6.07) is 16.9. The smallest absolute Gasteiger partial charge is 0.256 e. The van der Waals surface area contributed by atoms with Gasteiger partial charge in [0.15, 0.2) is 11.6 Å². The number of hydrogen-bond donors (Lipinski definition) is 1. The summed E-state index contributed by atoms with van der Waals surface area (Å²) in [6.45, 7) is 6.38. The Labute approximate surface area is 179 Å². The van der Waals surface area contributed by atoms with E-state index in [2.05, 4.69) is 16.5 Å². The number of nitriles is 1. The van der Waals surface area contributed by atoms with Gasteiger partial charge >= 0.3 is 0 Å². The van der Waals surface area contributed by atoms with Gasteiger partial charge in [-0.05, 0) is 56.2 Å². The predicted molar refractivity (Wildman–Crippen MR) is 119 cm³/mol. The highest BCUT2D eigenvalue weighted by molar-refractivity contribution is 6.04. The molecule has 2 heterocycles. The van der Waals surface area contributed by atoms with E-state index in [0.29, 0.717) is 23.7 Å². The van der Waals surface area contributed by atoms with Crippen molar-refractivity contribution >= 4 is 22.6 Å². The lowest BCUT2D eigenvalue weighted by molar-refractivity contribution is 0.102. The number of fused-ring (bicyclic) bond motifs is 1. The van der Waals surface area contributed by atoms with E-state index >= 15 is 0 Å². The third kappa shape index (κ3) is 3.83. The Balaban J connectivity index is 1.76. The fourth-order valence-electron chi connectivity index (χ4n) is 3.45. The summed E-state index contributed by atoms with van der Waals surface area (Å²) in [5.41, 5.74) is 3.58. The molecule has 1 amide bonds. The van der Waals surface area contributed by atoms with Gasteiger partial charge in [-0.15, -0.1) is 0 Å². The number of carbonyl (C=O) groups excluding carboxylic acids is 1. The molecule has 0 saturated carbocycles. The summed E-state index contributed by atoms with van der Waals surface area (Å²) in [6.07, 6.45) is 1.42. The average molecular weight is 411 g/mol. The molecule has 4 aromatic rings. The van der Waals surface area contributed by atoms with Gasteiger partial charge in [0.1, 0.15) is 17.4 Å². The number of amides is 1. The Morgan fingerprint density at radius 3 is 2.74 bits per heavy atom. The molecule has 2 aromatic carbocycles. The zero-order chi connectivity index (χ0) is 22.0. The van der Waals surface area contributed by atoms with Gasteiger partial charge in [-0.25, -0.2) is 4.98 Å². The first kappa shape index (κ1) is 20.1. The van der Waals surface area contributed by atoms with Crippen molar-refractivity contribution < 1.29 is 9.53 Å². The first-order valence-electron chi connectivity index (χ1n) is 9.91. The minimum Gasteiger partial charge on any atom is -0.494 e. The average Bonchev–Trinajstić information content (AvgIpc) is 3.17. The molecule has 1 N–H and O–H groups in total. The molecular weight excluding hydrogens is 390 g/mol. The maximum atomic E-state index is 12.9. The van der Waals surface area contributed by atoms with E-state index in [1.807, 2.05) is 45.0 Å². The van der Waals surface area contributed by atoms with Crippen LogP contribution in [0.25, 0.3) is 16.7 Å². The van der Waals surface area contributed by atoms with Gasteiger partial charge in [0.05, 0.1) is 18.3 Å². The van der Waals surface area contributed by atoms with Gasteiger partial charge in [0.2, 0.25) is 0 Å². The van der Waals surface area contributed by atoms with Crippen LogP contribution in [-0.2, 0) is 0 Å². The van der Waals surface area contributed by atoms with Gasteiger partial charge in [-0.1, -0.05) is 24.3 Å². The number of para-hydroxylation sites is 1. The Bertz CT molecular complexity index is 1330. The molecule has 0 radical (unpaired) electrons. The van der Waals surface area contributed by atoms with Gasteiger partial charge in [0, 0.05) is 10.9 Å². The maximum absolute atomic E-state index is 12.9. The minimum absolute atomic E-state index is 0.249. The molecular formula is C24H21N5O2. The fourth-order valence-corrected chi connectivity index (χ4v) is 3.45. The molecule has 0 aliphatic carbocycles. The highest BCUT2D eigenvalue weighted by Crippen LogP contribution is 2.26. The molecule has 31 heavy (non-hydrogen) atoms. The largest absolute Gasteiger partial charge is 0.494 e. The van der Waals surface area contributed by atoms with Crippen LogP contribution in [-0.4, -0.2) is 27.3 Å². The standard InChI is InChI=1S/C24H21N5O2/c1-4-31-19-9-6-8-17(12-19)24(30)28-23-18(13-25)14-26-29(23)21-11-16(3)20-10-5-7-15(2)22(20)27-21/h5-12,14H,4H2,1-3H3,(H,28,30). The van der Waals surface area contributed by atoms with Gasteiger partial charge in [-0.3, -0.25) is 4.79 Å². The topological polar surface area (TPSA) is 92.8 Å². The molecule has 4 rings (SSSR count). The van der Waals surface area contributed by atoms with E-state index in [4.69, 9.17) is 9.72 Å². The van der Waals surface area contributed by atoms with Crippen molar-refractivity contribution in [1.82, 2.24) is 14.8 Å². The second kappa shape index (κ2) is 8.28. The molecule has 0 fully saturated rings. The van der Waals surface area contributed by atoms with E-state index in [-0.39, 0.29) is 17.3 Å². The van der Waals surface area contributed by atoms with Crippen molar-refractivity contribution in [1.29, 1.82) is 5.26 Å². The molecule has 0 unspecified atom stereocenters. The molecule has 7 heteroatoms. The number of carbonyl (C=O) groups is 1. The van der Waals surface area contributed by atoms with Crippen LogP contribution in [0.5, 0.6) is 5.75 Å². The zero-order valence-electron chi connectivity index (χ0n) is 17.5. The highest BCUT2D eigenvalue weighted by atomic mass is 16.5. The zero-order valence-corrected chi connectivity index (χ0v) is 17.5. The summed E-state index contributed by atoms with van der Waals surface area (Å²) >= 11 is 0. The van der Waals surface area contributed by atoms with Crippen molar-refractivity contribution in [2.75, 3.05) is 11.9 Å². The quantitative estimate of drug-likeness (QED) is 0.520. The maximum Gasteiger partial charge on any atom is 0.256 e. The van der Waals surface area contributed by atoms with Crippen molar-refractivity contribution in [3.63, 3.8) is 0 Å². The Hall–Kier alpha value is -4.18. The van der Waals surface area contributed by atoms with Crippen LogP contribution >= 0.6 is 0 Å². The summed E-state index contributed by atoms with van der Waals surface area (Å²) < 4.78 is 6.96. The number of nitrogens with zero attached hydrogens (tertiary/aromatic N) is 4. The summed E-state index contributed by atoms with van der Waals surface area (Å²) in [7, 11) is 0. The number of hydrogen-bond acceptors (Lipinski definition) is 5. The Kier molecular flexibility index (Phi) is 5.37. The lowest BCUT2D eigenvalue weighted by atomic mass is 10.1. The predicted octanol–water partition coefficient (Wildman–Crippen LogP) is 4.56. The number of anilines is 1. The van der Waals surface area contributed by atoms with Gasteiger partial charge < -0.3 is 10.1 Å². The Morgan fingerprint density at radius 1 is 1.16 bits per heavy atom. The van der Waals surface area contributed by atoms with E-state index in [1.54, 1.807) is 24.3 Å². The highest BCUT2D eigenvalue weighted by Gasteiger charge is 2.18. The summed E-state index contributed by atoms with van der Waals surface area (Å²) in [4.78, 5) is 17.7. The summed E-state index contributed by atoms with van der Waals surface area (Å²) in [5, 5.41) is 17.7. The van der Waals surface area contributed by atoms with Crippen LogP contribution in [0.15, 0.2) is 54.7 Å². The number of nitrogens with one attached hydrogen (secondary N) is 1. The number of ether oxygens (including phenoxy) is 1. The summed E-state index contributed by atoms with van der Waals surface area (Å²) in [5.74, 6) is 1.04. The second-order valence-corrected chi connectivity index (χ2v) is 7.11. The number of benzene rings is 2. The second-order valence-electron chi connectivity index (χ2n) is 7.11. The SMILES string of the molecule is CCOc1cccc(C(=O)Nc2c(C#N)cnn2-c2cc(C)c3cccc(C)c3n2)c1. The Morgan fingerprint density at radius 2 is 1.97 bits per heavy atom. The van der Waals surface area contributed by atoms with Crippen molar-refractivity contribution in [2.24, 2.45) is 0 Å². The van der Waals surface area contributed by atoms with E-state index in [9.17, 15) is 10.1 Å². The molecule has 0 atom stereocenters. The molecule has 7 nitrogen and oxygen atoms in total. The number of aryl methyl sites for hydroxylation is 2. The van der Waals surface area contributed by atoms with Crippen LogP contribution in [0.2, 0.25) is 0 Å². The van der Waals surface area contributed by atoms with Crippen molar-refractivity contribution in [3.05, 3.63) is 77.0 Å². The van der Waals surface area contributed by atoms with E-state index in [0.717, 1.165) is 22.0 Å². The minimum atomic E-state index is -0.367. The van der Waals surface area contributed by atoms with Crippen molar-refractivity contribution in [2.45, 2.75) is 20.8 Å². The first-order valence-corrected chi connectivity index (χ1v) is 9.91. The lowest BCUT2D eigenvalue weighted by Crippen LogP contribution is -2.16. The monoisotopic (exact) mass is 411 g/mol. The molecule has 0 bridgehead atoms.